The second-order valence-corrected chi connectivity index (χ2v) is 10.2. The maximum atomic E-state index is 12.7. The fourth-order valence-electron chi connectivity index (χ4n) is 4.46. The van der Waals surface area contributed by atoms with Gasteiger partial charge >= 0.3 is 12.1 Å². The second kappa shape index (κ2) is 9.56. The van der Waals surface area contributed by atoms with Crippen molar-refractivity contribution < 1.29 is 27.9 Å². The van der Waals surface area contributed by atoms with Crippen molar-refractivity contribution in [2.24, 2.45) is 7.05 Å². The van der Waals surface area contributed by atoms with Crippen LogP contribution in [-0.2, 0) is 29.2 Å². The topological polar surface area (TPSA) is 104 Å². The number of fused-ring (bicyclic) bond motifs is 2. The molecule has 9 nitrogen and oxygen atoms in total. The van der Waals surface area contributed by atoms with Gasteiger partial charge in [-0.3, -0.25) is 14.4 Å². The SMILES string of the molecule is CN1CC2(CCN(Cc3cnn(C)c3)CC2)c2nc(C(C)(C)C)ncc2C1=O.O=C(O)C(F)(F)F. The molecule has 0 unspecified atom stereocenters. The molecular formula is C23H31F3N6O3. The number of nitrogens with zero attached hydrogens (tertiary/aromatic N) is 6. The number of hydrogen-bond donors (Lipinski definition) is 1. The van der Waals surface area contributed by atoms with E-state index in [-0.39, 0.29) is 16.7 Å². The Morgan fingerprint density at radius 3 is 2.23 bits per heavy atom. The van der Waals surface area contributed by atoms with Crippen molar-refractivity contribution in [3.8, 4) is 0 Å². The number of halogens is 3. The lowest BCUT2D eigenvalue weighted by Crippen LogP contribution is -2.54. The Hall–Kier alpha value is -3.02. The van der Waals surface area contributed by atoms with Crippen molar-refractivity contribution in [1.29, 1.82) is 0 Å². The molecule has 0 bridgehead atoms. The van der Waals surface area contributed by atoms with E-state index in [9.17, 15) is 18.0 Å². The Morgan fingerprint density at radius 2 is 1.74 bits per heavy atom. The number of piperidine rings is 1. The quantitative estimate of drug-likeness (QED) is 0.682. The van der Waals surface area contributed by atoms with Gasteiger partial charge in [-0.15, -0.1) is 0 Å². The predicted molar refractivity (Wildman–Crippen MR) is 121 cm³/mol. The molecule has 1 spiro atoms. The van der Waals surface area contributed by atoms with Crippen molar-refractivity contribution >= 4 is 11.9 Å². The molecule has 12 heteroatoms. The molecule has 1 saturated heterocycles. The van der Waals surface area contributed by atoms with Crippen molar-refractivity contribution in [2.45, 2.75) is 57.2 Å². The maximum absolute atomic E-state index is 12.7. The molecule has 2 aromatic rings. The Balaban J connectivity index is 0.000000429. The fraction of sp³-hybridized carbons (Fsp3) is 0.609. The van der Waals surface area contributed by atoms with Crippen LogP contribution >= 0.6 is 0 Å². The zero-order chi connectivity index (χ0) is 26.2. The number of aromatic nitrogens is 4. The molecule has 1 N–H and O–H groups in total. The van der Waals surface area contributed by atoms with Gasteiger partial charge in [0.15, 0.2) is 0 Å². The Morgan fingerprint density at radius 1 is 1.14 bits per heavy atom. The van der Waals surface area contributed by atoms with Gasteiger partial charge in [-0.1, -0.05) is 20.8 Å². The molecular weight excluding hydrogens is 465 g/mol. The fourth-order valence-corrected chi connectivity index (χ4v) is 4.46. The van der Waals surface area contributed by atoms with Crippen LogP contribution in [0.1, 0.15) is 61.1 Å². The van der Waals surface area contributed by atoms with Crippen molar-refractivity contribution in [2.75, 3.05) is 26.7 Å². The van der Waals surface area contributed by atoms with Crippen LogP contribution in [0.2, 0.25) is 0 Å². The van der Waals surface area contributed by atoms with Gasteiger partial charge in [-0.25, -0.2) is 14.8 Å². The summed E-state index contributed by atoms with van der Waals surface area (Å²) in [7, 11) is 3.85. The highest BCUT2D eigenvalue weighted by Crippen LogP contribution is 2.41. The van der Waals surface area contributed by atoms with Crippen LogP contribution in [0.15, 0.2) is 18.6 Å². The molecule has 2 aliphatic heterocycles. The lowest BCUT2D eigenvalue weighted by atomic mass is 9.71. The first-order chi connectivity index (χ1) is 16.1. The van der Waals surface area contributed by atoms with E-state index in [1.807, 2.05) is 29.9 Å². The number of aliphatic carboxylic acids is 1. The van der Waals surface area contributed by atoms with Crippen LogP contribution < -0.4 is 0 Å². The standard InChI is InChI=1S/C21H30N6O.C2HF3O2/c1-20(2,3)19-22-11-16-17(24-19)21(14-25(4)18(16)28)6-8-27(9-7-21)13-15-10-23-26(5)12-15;3-2(4,5)1(6)7/h10-12H,6-9,13-14H2,1-5H3;(H,6,7). The number of hydrogen-bond acceptors (Lipinski definition) is 6. The van der Waals surface area contributed by atoms with E-state index in [2.05, 4.69) is 42.0 Å². The van der Waals surface area contributed by atoms with Crippen molar-refractivity contribution in [3.05, 3.63) is 41.2 Å². The normalized spacial score (nSPS) is 18.2. The maximum Gasteiger partial charge on any atom is 0.490 e. The van der Waals surface area contributed by atoms with Crippen LogP contribution in [-0.4, -0.2) is 79.4 Å². The van der Waals surface area contributed by atoms with E-state index in [4.69, 9.17) is 14.9 Å². The van der Waals surface area contributed by atoms with Crippen LogP contribution in [0.4, 0.5) is 13.2 Å². The van der Waals surface area contributed by atoms with Gasteiger partial charge in [-0.2, -0.15) is 18.3 Å². The molecule has 0 atom stereocenters. The third-order valence-corrected chi connectivity index (χ3v) is 6.30. The van der Waals surface area contributed by atoms with Gasteiger partial charge in [0.1, 0.15) is 5.82 Å². The number of carbonyl (C=O) groups is 2. The zero-order valence-corrected chi connectivity index (χ0v) is 20.6. The van der Waals surface area contributed by atoms with E-state index >= 15 is 0 Å². The average molecular weight is 497 g/mol. The lowest BCUT2D eigenvalue weighted by molar-refractivity contribution is -0.192. The second-order valence-electron chi connectivity index (χ2n) is 10.2. The third kappa shape index (κ3) is 5.98. The summed E-state index contributed by atoms with van der Waals surface area (Å²) in [5, 5.41) is 11.4. The van der Waals surface area contributed by atoms with E-state index in [0.717, 1.165) is 50.5 Å². The molecule has 2 aromatic heterocycles. The molecule has 0 saturated carbocycles. The number of carboxylic acid groups (broad SMARTS) is 1. The minimum Gasteiger partial charge on any atom is -0.475 e. The third-order valence-electron chi connectivity index (χ3n) is 6.30. The molecule has 2 aliphatic rings. The Bertz CT molecular complexity index is 1080. The summed E-state index contributed by atoms with van der Waals surface area (Å²) in [6.45, 7) is 10.00. The molecule has 35 heavy (non-hydrogen) atoms. The first-order valence-electron chi connectivity index (χ1n) is 11.3. The number of rotatable bonds is 2. The van der Waals surface area contributed by atoms with E-state index in [1.165, 1.54) is 5.56 Å². The van der Waals surface area contributed by atoms with E-state index in [0.29, 0.717) is 5.56 Å². The van der Waals surface area contributed by atoms with Gasteiger partial charge in [0.05, 0.1) is 17.5 Å². The zero-order valence-electron chi connectivity index (χ0n) is 20.6. The largest absolute Gasteiger partial charge is 0.490 e. The number of aryl methyl sites for hydroxylation is 1. The first-order valence-corrected chi connectivity index (χ1v) is 11.3. The molecule has 0 aliphatic carbocycles. The first kappa shape index (κ1) is 26.6. The minimum absolute atomic E-state index is 0.0406. The van der Waals surface area contributed by atoms with E-state index < -0.39 is 12.1 Å². The van der Waals surface area contributed by atoms with Crippen molar-refractivity contribution in [3.63, 3.8) is 0 Å². The van der Waals surface area contributed by atoms with Gasteiger partial charge in [-0.05, 0) is 25.9 Å². The molecule has 1 amide bonds. The van der Waals surface area contributed by atoms with Gasteiger partial charge in [0, 0.05) is 56.0 Å². The summed E-state index contributed by atoms with van der Waals surface area (Å²) in [6, 6.07) is 0. The van der Waals surface area contributed by atoms with Crippen LogP contribution in [0.3, 0.4) is 0 Å². The Labute approximate surface area is 202 Å². The smallest absolute Gasteiger partial charge is 0.475 e. The summed E-state index contributed by atoms with van der Waals surface area (Å²) in [5.74, 6) is -1.90. The summed E-state index contributed by atoms with van der Waals surface area (Å²) < 4.78 is 33.6. The summed E-state index contributed by atoms with van der Waals surface area (Å²) in [4.78, 5) is 35.4. The van der Waals surface area contributed by atoms with Crippen LogP contribution in [0, 0.1) is 0 Å². The van der Waals surface area contributed by atoms with Crippen LogP contribution in [0.25, 0.3) is 0 Å². The number of likely N-dealkylation sites (N-methyl/N-ethyl adjacent to an activating group) is 1. The molecule has 0 aromatic carbocycles. The highest BCUT2D eigenvalue weighted by molar-refractivity contribution is 5.96. The molecule has 4 heterocycles. The minimum atomic E-state index is -5.08. The molecule has 1 fully saturated rings. The highest BCUT2D eigenvalue weighted by Gasteiger charge is 2.46. The monoisotopic (exact) mass is 496 g/mol. The van der Waals surface area contributed by atoms with Gasteiger partial charge < -0.3 is 10.0 Å². The molecule has 0 radical (unpaired) electrons. The summed E-state index contributed by atoms with van der Waals surface area (Å²) >= 11 is 0. The highest BCUT2D eigenvalue weighted by atomic mass is 19.4. The molecule has 4 rings (SSSR count). The van der Waals surface area contributed by atoms with Crippen LogP contribution in [0.5, 0.6) is 0 Å². The van der Waals surface area contributed by atoms with Gasteiger partial charge in [0.2, 0.25) is 0 Å². The molecule has 192 valence electrons. The lowest BCUT2D eigenvalue weighted by Gasteiger charge is -2.46. The van der Waals surface area contributed by atoms with Gasteiger partial charge in [0.25, 0.3) is 5.91 Å². The number of alkyl halides is 3. The summed E-state index contributed by atoms with van der Waals surface area (Å²) in [5.41, 5.74) is 2.68. The number of carboxylic acids is 1. The number of amides is 1. The summed E-state index contributed by atoms with van der Waals surface area (Å²) in [6.07, 6.45) is 2.69. The average Bonchev–Trinajstić information content (AvgIpc) is 3.17. The number of carbonyl (C=O) groups excluding carboxylic acids is 1. The number of likely N-dealkylation sites (tertiary alicyclic amines) is 1. The Kier molecular flexibility index (Phi) is 7.26. The van der Waals surface area contributed by atoms with E-state index in [1.54, 1.807) is 6.20 Å². The predicted octanol–water partition coefficient (Wildman–Crippen LogP) is 2.76. The van der Waals surface area contributed by atoms with Crippen molar-refractivity contribution in [1.82, 2.24) is 29.5 Å².